The highest BCUT2D eigenvalue weighted by Crippen LogP contribution is 2.30. The Bertz CT molecular complexity index is 619. The van der Waals surface area contributed by atoms with Crippen LogP contribution in [0.25, 0.3) is 16.6 Å². The highest BCUT2D eigenvalue weighted by Gasteiger charge is 2.11. The van der Waals surface area contributed by atoms with Crippen molar-refractivity contribution in [3.05, 3.63) is 36.2 Å². The number of fused-ring (bicyclic) bond motifs is 3. The average molecular weight is 186 g/mol. The number of aromatic nitrogens is 1. The first-order valence-electron chi connectivity index (χ1n) is 4.52. The minimum atomic E-state index is 0.728. The fraction of sp³-hybridized carbons (Fsp3) is 0.0909. The van der Waals surface area contributed by atoms with Crippen LogP contribution in [-0.4, -0.2) is 4.40 Å². The molecular weight excluding hydrogens is 176 g/mol. The third kappa shape index (κ3) is 0.763. The van der Waals surface area contributed by atoms with E-state index < -0.39 is 0 Å². The van der Waals surface area contributed by atoms with Crippen LogP contribution in [0.3, 0.4) is 0 Å². The molecule has 70 valence electrons. The Balaban J connectivity index is 2.62. The zero-order valence-corrected chi connectivity index (χ0v) is 7.82. The minimum Gasteiger partial charge on any atom is -0.457 e. The summed E-state index contributed by atoms with van der Waals surface area (Å²) in [6.07, 6.45) is 1.99. The maximum atomic E-state index is 5.93. The second-order valence-electron chi connectivity index (χ2n) is 3.42. The van der Waals surface area contributed by atoms with Crippen molar-refractivity contribution < 1.29 is 4.42 Å². The summed E-state index contributed by atoms with van der Waals surface area (Å²) in [7, 11) is 0. The summed E-state index contributed by atoms with van der Waals surface area (Å²) in [4.78, 5) is 0. The van der Waals surface area contributed by atoms with Crippen molar-refractivity contribution in [2.45, 2.75) is 6.92 Å². The van der Waals surface area contributed by atoms with Gasteiger partial charge in [0.1, 0.15) is 11.3 Å². The molecular formula is C11H10N2O. The van der Waals surface area contributed by atoms with Crippen LogP contribution in [0, 0.1) is 6.92 Å². The van der Waals surface area contributed by atoms with Crippen molar-refractivity contribution in [3.63, 3.8) is 0 Å². The van der Waals surface area contributed by atoms with E-state index in [-0.39, 0.29) is 0 Å². The van der Waals surface area contributed by atoms with Crippen molar-refractivity contribution in [2.24, 2.45) is 0 Å². The first-order chi connectivity index (χ1) is 6.77. The van der Waals surface area contributed by atoms with Crippen LogP contribution in [0.4, 0.5) is 5.69 Å². The van der Waals surface area contributed by atoms with Crippen molar-refractivity contribution in [1.82, 2.24) is 4.40 Å². The highest BCUT2D eigenvalue weighted by atomic mass is 16.3. The molecule has 0 aliphatic heterocycles. The molecule has 0 saturated heterocycles. The van der Waals surface area contributed by atoms with Crippen molar-refractivity contribution >= 4 is 22.3 Å². The van der Waals surface area contributed by atoms with E-state index in [2.05, 4.69) is 0 Å². The molecule has 0 aliphatic carbocycles. The zero-order valence-electron chi connectivity index (χ0n) is 7.82. The number of hydrogen-bond donors (Lipinski definition) is 1. The van der Waals surface area contributed by atoms with Crippen LogP contribution in [0.2, 0.25) is 0 Å². The molecule has 0 atom stereocenters. The lowest BCUT2D eigenvalue weighted by molar-refractivity contribution is 0.581. The molecule has 3 heteroatoms. The number of furan rings is 1. The summed E-state index contributed by atoms with van der Waals surface area (Å²) >= 11 is 0. The Labute approximate surface area is 80.7 Å². The molecule has 3 heterocycles. The molecule has 0 spiro atoms. The minimum absolute atomic E-state index is 0.728. The third-order valence-electron chi connectivity index (χ3n) is 2.54. The lowest BCUT2D eigenvalue weighted by Gasteiger charge is -1.94. The largest absolute Gasteiger partial charge is 0.457 e. The number of nitrogens with zero attached hydrogens (tertiary/aromatic N) is 1. The maximum absolute atomic E-state index is 5.93. The average Bonchev–Trinajstić information content (AvgIpc) is 2.65. The highest BCUT2D eigenvalue weighted by molar-refractivity contribution is 5.93. The molecule has 0 bridgehead atoms. The molecule has 0 fully saturated rings. The Morgan fingerprint density at radius 2 is 2.21 bits per heavy atom. The van der Waals surface area contributed by atoms with E-state index in [0.29, 0.717) is 0 Å². The van der Waals surface area contributed by atoms with Crippen molar-refractivity contribution in [3.8, 4) is 0 Å². The molecule has 3 aromatic rings. The molecule has 3 nitrogen and oxygen atoms in total. The van der Waals surface area contributed by atoms with E-state index >= 15 is 0 Å². The molecule has 2 N–H and O–H groups in total. The monoisotopic (exact) mass is 186 g/mol. The maximum Gasteiger partial charge on any atom is 0.155 e. The van der Waals surface area contributed by atoms with Gasteiger partial charge >= 0.3 is 0 Å². The molecule has 0 aliphatic rings. The van der Waals surface area contributed by atoms with E-state index in [9.17, 15) is 0 Å². The molecule has 0 radical (unpaired) electrons. The van der Waals surface area contributed by atoms with Gasteiger partial charge < -0.3 is 14.6 Å². The van der Waals surface area contributed by atoms with Gasteiger partial charge in [-0.15, -0.1) is 0 Å². The van der Waals surface area contributed by atoms with Gasteiger partial charge in [0, 0.05) is 17.8 Å². The Kier molecular flexibility index (Phi) is 1.24. The van der Waals surface area contributed by atoms with Gasteiger partial charge in [-0.3, -0.25) is 0 Å². The predicted octanol–water partition coefficient (Wildman–Crippen LogP) is 2.58. The first kappa shape index (κ1) is 7.50. The molecule has 0 unspecified atom stereocenters. The van der Waals surface area contributed by atoms with Crippen LogP contribution >= 0.6 is 0 Å². The SMILES string of the molecule is Cc1oc2cc3ccccn3c2c1N. The van der Waals surface area contributed by atoms with E-state index in [1.807, 2.05) is 41.8 Å². The lowest BCUT2D eigenvalue weighted by Crippen LogP contribution is -1.88. The number of anilines is 1. The quantitative estimate of drug-likeness (QED) is 0.586. The number of nitrogen functional groups attached to an aromatic ring is 1. The fourth-order valence-electron chi connectivity index (χ4n) is 1.83. The zero-order chi connectivity index (χ0) is 9.71. The van der Waals surface area contributed by atoms with E-state index in [1.165, 1.54) is 0 Å². The summed E-state index contributed by atoms with van der Waals surface area (Å²) in [5.74, 6) is 0.785. The van der Waals surface area contributed by atoms with Crippen LogP contribution in [-0.2, 0) is 0 Å². The van der Waals surface area contributed by atoms with Gasteiger partial charge in [-0.2, -0.15) is 0 Å². The van der Waals surface area contributed by atoms with Crippen LogP contribution in [0.5, 0.6) is 0 Å². The van der Waals surface area contributed by atoms with Gasteiger partial charge in [0.25, 0.3) is 0 Å². The third-order valence-corrected chi connectivity index (χ3v) is 2.54. The summed E-state index contributed by atoms with van der Waals surface area (Å²) in [5.41, 5.74) is 9.59. The second kappa shape index (κ2) is 2.32. The fourth-order valence-corrected chi connectivity index (χ4v) is 1.83. The van der Waals surface area contributed by atoms with E-state index in [0.717, 1.165) is 28.1 Å². The number of aryl methyl sites for hydroxylation is 1. The van der Waals surface area contributed by atoms with Gasteiger partial charge in [-0.25, -0.2) is 0 Å². The van der Waals surface area contributed by atoms with Gasteiger partial charge in [0.05, 0.1) is 5.69 Å². The Morgan fingerprint density at radius 1 is 1.36 bits per heavy atom. The Morgan fingerprint density at radius 3 is 3.07 bits per heavy atom. The summed E-state index contributed by atoms with van der Waals surface area (Å²) < 4.78 is 7.58. The number of pyridine rings is 1. The summed E-state index contributed by atoms with van der Waals surface area (Å²) in [5, 5.41) is 0. The van der Waals surface area contributed by atoms with E-state index in [4.69, 9.17) is 10.2 Å². The molecule has 3 rings (SSSR count). The van der Waals surface area contributed by atoms with Crippen LogP contribution in [0.1, 0.15) is 5.76 Å². The molecule has 3 aromatic heterocycles. The topological polar surface area (TPSA) is 43.6 Å². The van der Waals surface area contributed by atoms with Gasteiger partial charge in [-0.1, -0.05) is 6.07 Å². The smallest absolute Gasteiger partial charge is 0.155 e. The van der Waals surface area contributed by atoms with Gasteiger partial charge in [0.2, 0.25) is 0 Å². The molecule has 0 saturated carbocycles. The normalized spacial score (nSPS) is 11.5. The van der Waals surface area contributed by atoms with Gasteiger partial charge in [-0.05, 0) is 19.1 Å². The van der Waals surface area contributed by atoms with Gasteiger partial charge in [0.15, 0.2) is 5.58 Å². The van der Waals surface area contributed by atoms with E-state index in [1.54, 1.807) is 0 Å². The first-order valence-corrected chi connectivity index (χ1v) is 4.52. The number of nitrogens with two attached hydrogens (primary N) is 1. The Hall–Kier alpha value is -1.90. The number of hydrogen-bond acceptors (Lipinski definition) is 2. The molecule has 0 aromatic carbocycles. The van der Waals surface area contributed by atoms with Crippen LogP contribution in [0.15, 0.2) is 34.9 Å². The lowest BCUT2D eigenvalue weighted by atomic mass is 10.4. The summed E-state index contributed by atoms with van der Waals surface area (Å²) in [6.45, 7) is 1.88. The molecule has 0 amide bonds. The van der Waals surface area contributed by atoms with Crippen LogP contribution < -0.4 is 5.73 Å². The standard InChI is InChI=1S/C11H10N2O/c1-7-10(12)11-9(14-7)6-8-4-2-3-5-13(8)11/h2-6H,12H2,1H3. The second-order valence-corrected chi connectivity index (χ2v) is 3.42. The van der Waals surface area contributed by atoms with Crippen molar-refractivity contribution in [1.29, 1.82) is 0 Å². The van der Waals surface area contributed by atoms with Crippen molar-refractivity contribution in [2.75, 3.05) is 5.73 Å². The predicted molar refractivity (Wildman–Crippen MR) is 56.3 cm³/mol. The number of rotatable bonds is 0. The summed E-state index contributed by atoms with van der Waals surface area (Å²) in [6, 6.07) is 8.01. The molecule has 14 heavy (non-hydrogen) atoms.